The summed E-state index contributed by atoms with van der Waals surface area (Å²) in [7, 11) is 0. The van der Waals surface area contributed by atoms with E-state index in [0.717, 1.165) is 17.8 Å². The van der Waals surface area contributed by atoms with E-state index in [2.05, 4.69) is 32.0 Å². The molecule has 0 heterocycles. The average molecular weight is 228 g/mol. The standard InChI is InChI=1S/C17H24/c1-12-11-17-15(13(12)2)9-6-10-16(17)14-7-4-3-5-8-14/h6,9-10,12-14H,3-5,7-8,11H2,1-2H3. The zero-order chi connectivity index (χ0) is 11.8. The van der Waals surface area contributed by atoms with E-state index in [0.29, 0.717) is 0 Å². The Balaban J connectivity index is 1.96. The highest BCUT2D eigenvalue weighted by atomic mass is 14.3. The van der Waals surface area contributed by atoms with Crippen LogP contribution in [0.4, 0.5) is 0 Å². The molecule has 0 spiro atoms. The predicted molar refractivity (Wildman–Crippen MR) is 73.6 cm³/mol. The highest BCUT2D eigenvalue weighted by Crippen LogP contribution is 2.43. The van der Waals surface area contributed by atoms with E-state index in [4.69, 9.17) is 0 Å². The maximum atomic E-state index is 2.42. The zero-order valence-corrected chi connectivity index (χ0v) is 11.2. The van der Waals surface area contributed by atoms with E-state index in [9.17, 15) is 0 Å². The van der Waals surface area contributed by atoms with Gasteiger partial charge in [0, 0.05) is 0 Å². The largest absolute Gasteiger partial charge is 0.0617 e. The van der Waals surface area contributed by atoms with Crippen molar-refractivity contribution in [1.29, 1.82) is 0 Å². The molecular formula is C17H24. The molecule has 17 heavy (non-hydrogen) atoms. The first-order chi connectivity index (χ1) is 8.27. The molecule has 0 radical (unpaired) electrons. The van der Waals surface area contributed by atoms with Crippen LogP contribution < -0.4 is 0 Å². The van der Waals surface area contributed by atoms with Gasteiger partial charge in [-0.1, -0.05) is 51.3 Å². The van der Waals surface area contributed by atoms with Gasteiger partial charge in [-0.05, 0) is 53.7 Å². The minimum absolute atomic E-state index is 0.772. The first-order valence-corrected chi connectivity index (χ1v) is 7.39. The summed E-state index contributed by atoms with van der Waals surface area (Å²) in [5.41, 5.74) is 5.08. The van der Waals surface area contributed by atoms with Gasteiger partial charge in [0.1, 0.15) is 0 Å². The van der Waals surface area contributed by atoms with Crippen molar-refractivity contribution in [2.45, 2.75) is 64.2 Å². The third-order valence-electron chi connectivity index (χ3n) is 5.16. The summed E-state index contributed by atoms with van der Waals surface area (Å²) < 4.78 is 0. The van der Waals surface area contributed by atoms with E-state index in [1.54, 1.807) is 16.7 Å². The van der Waals surface area contributed by atoms with Crippen molar-refractivity contribution in [2.75, 3.05) is 0 Å². The lowest BCUT2D eigenvalue weighted by atomic mass is 9.81. The maximum Gasteiger partial charge on any atom is -0.0159 e. The van der Waals surface area contributed by atoms with Crippen molar-refractivity contribution >= 4 is 0 Å². The van der Waals surface area contributed by atoms with Crippen LogP contribution >= 0.6 is 0 Å². The highest BCUT2D eigenvalue weighted by molar-refractivity contribution is 5.43. The SMILES string of the molecule is CC1Cc2c(C3CCCCC3)cccc2C1C. The lowest BCUT2D eigenvalue weighted by Crippen LogP contribution is -2.07. The second-order valence-corrected chi connectivity index (χ2v) is 6.22. The van der Waals surface area contributed by atoms with Gasteiger partial charge in [-0.2, -0.15) is 0 Å². The number of rotatable bonds is 1. The van der Waals surface area contributed by atoms with Gasteiger partial charge in [-0.15, -0.1) is 0 Å². The van der Waals surface area contributed by atoms with E-state index < -0.39 is 0 Å². The van der Waals surface area contributed by atoms with E-state index in [-0.39, 0.29) is 0 Å². The van der Waals surface area contributed by atoms with Crippen molar-refractivity contribution in [3.05, 3.63) is 34.9 Å². The Bertz CT molecular complexity index is 398. The molecule has 2 atom stereocenters. The van der Waals surface area contributed by atoms with Crippen molar-refractivity contribution in [3.63, 3.8) is 0 Å². The van der Waals surface area contributed by atoms with Gasteiger partial charge >= 0.3 is 0 Å². The molecule has 0 bridgehead atoms. The summed E-state index contributed by atoms with van der Waals surface area (Å²) in [6.07, 6.45) is 8.53. The van der Waals surface area contributed by atoms with Crippen LogP contribution in [0.1, 0.15) is 74.5 Å². The van der Waals surface area contributed by atoms with Gasteiger partial charge in [-0.3, -0.25) is 0 Å². The summed E-state index contributed by atoms with van der Waals surface area (Å²) in [4.78, 5) is 0. The van der Waals surface area contributed by atoms with Crippen molar-refractivity contribution in [1.82, 2.24) is 0 Å². The monoisotopic (exact) mass is 228 g/mol. The van der Waals surface area contributed by atoms with Crippen LogP contribution in [0.15, 0.2) is 18.2 Å². The molecule has 1 fully saturated rings. The first kappa shape index (κ1) is 11.3. The van der Waals surface area contributed by atoms with Crippen LogP contribution in [0.2, 0.25) is 0 Å². The normalized spacial score (nSPS) is 29.3. The molecule has 0 nitrogen and oxygen atoms in total. The van der Waals surface area contributed by atoms with Crippen molar-refractivity contribution in [2.24, 2.45) is 5.92 Å². The molecule has 1 aromatic rings. The third-order valence-corrected chi connectivity index (χ3v) is 5.16. The molecule has 0 saturated heterocycles. The van der Waals surface area contributed by atoms with Crippen molar-refractivity contribution in [3.8, 4) is 0 Å². The average Bonchev–Trinajstić information content (AvgIpc) is 2.67. The minimum Gasteiger partial charge on any atom is -0.0617 e. The number of fused-ring (bicyclic) bond motifs is 1. The van der Waals surface area contributed by atoms with E-state index in [1.807, 2.05) is 0 Å². The van der Waals surface area contributed by atoms with E-state index >= 15 is 0 Å². The summed E-state index contributed by atoms with van der Waals surface area (Å²) in [6.45, 7) is 4.82. The lowest BCUT2D eigenvalue weighted by molar-refractivity contribution is 0.441. The van der Waals surface area contributed by atoms with Gasteiger partial charge in [0.25, 0.3) is 0 Å². The van der Waals surface area contributed by atoms with Gasteiger partial charge in [-0.25, -0.2) is 0 Å². The van der Waals surface area contributed by atoms with Crippen LogP contribution in [-0.2, 0) is 6.42 Å². The summed E-state index contributed by atoms with van der Waals surface area (Å²) >= 11 is 0. The topological polar surface area (TPSA) is 0 Å². The fourth-order valence-corrected chi connectivity index (χ4v) is 3.89. The Morgan fingerprint density at radius 1 is 0.941 bits per heavy atom. The van der Waals surface area contributed by atoms with Crippen molar-refractivity contribution < 1.29 is 0 Å². The van der Waals surface area contributed by atoms with Gasteiger partial charge in [0.2, 0.25) is 0 Å². The Morgan fingerprint density at radius 2 is 1.65 bits per heavy atom. The molecule has 2 aliphatic carbocycles. The van der Waals surface area contributed by atoms with Crippen LogP contribution in [0.25, 0.3) is 0 Å². The Labute approximate surface area is 105 Å². The molecule has 0 amide bonds. The zero-order valence-electron chi connectivity index (χ0n) is 11.2. The second-order valence-electron chi connectivity index (χ2n) is 6.22. The summed E-state index contributed by atoms with van der Waals surface area (Å²) in [5, 5.41) is 0. The van der Waals surface area contributed by atoms with E-state index in [1.165, 1.54) is 38.5 Å². The smallest absolute Gasteiger partial charge is 0.0159 e. The van der Waals surface area contributed by atoms with Gasteiger partial charge in [0.05, 0.1) is 0 Å². The lowest BCUT2D eigenvalue weighted by Gasteiger charge is -2.24. The second kappa shape index (κ2) is 4.48. The quantitative estimate of drug-likeness (QED) is 0.632. The Morgan fingerprint density at radius 3 is 2.41 bits per heavy atom. The summed E-state index contributed by atoms with van der Waals surface area (Å²) in [6, 6.07) is 7.09. The highest BCUT2D eigenvalue weighted by Gasteiger charge is 2.29. The minimum atomic E-state index is 0.772. The number of hydrogen-bond acceptors (Lipinski definition) is 0. The number of benzene rings is 1. The van der Waals surface area contributed by atoms with Gasteiger partial charge < -0.3 is 0 Å². The third kappa shape index (κ3) is 1.92. The van der Waals surface area contributed by atoms with Gasteiger partial charge in [0.15, 0.2) is 0 Å². The molecule has 1 aromatic carbocycles. The van der Waals surface area contributed by atoms with Crippen LogP contribution in [0.5, 0.6) is 0 Å². The van der Waals surface area contributed by atoms with Crippen LogP contribution in [0, 0.1) is 5.92 Å². The van der Waals surface area contributed by atoms with Crippen LogP contribution in [-0.4, -0.2) is 0 Å². The Kier molecular flexibility index (Phi) is 2.98. The van der Waals surface area contributed by atoms with Crippen LogP contribution in [0.3, 0.4) is 0 Å². The Hall–Kier alpha value is -0.780. The number of hydrogen-bond donors (Lipinski definition) is 0. The molecule has 92 valence electrons. The molecule has 0 aromatic heterocycles. The molecule has 0 N–H and O–H groups in total. The summed E-state index contributed by atoms with van der Waals surface area (Å²) in [5.74, 6) is 2.49. The molecule has 1 saturated carbocycles. The maximum absolute atomic E-state index is 2.42. The molecular weight excluding hydrogens is 204 g/mol. The molecule has 0 heteroatoms. The molecule has 3 rings (SSSR count). The molecule has 2 unspecified atom stereocenters. The fourth-order valence-electron chi connectivity index (χ4n) is 3.89. The predicted octanol–water partition coefficient (Wildman–Crippen LogP) is 5.03. The molecule has 0 aliphatic heterocycles. The first-order valence-electron chi connectivity index (χ1n) is 7.39. The molecule has 2 aliphatic rings. The fraction of sp³-hybridized carbons (Fsp3) is 0.647.